The Balaban J connectivity index is 4.00. The summed E-state index contributed by atoms with van der Waals surface area (Å²) in [5.74, 6) is -0.245. The SMILES string of the molecule is C=C(C)/C=C(F)\C=C/C. The molecule has 0 aliphatic heterocycles. The highest BCUT2D eigenvalue weighted by Crippen LogP contribution is 2.02. The van der Waals surface area contributed by atoms with Gasteiger partial charge in [-0.1, -0.05) is 18.2 Å². The second kappa shape index (κ2) is 4.07. The van der Waals surface area contributed by atoms with Gasteiger partial charge in [0.15, 0.2) is 0 Å². The van der Waals surface area contributed by atoms with Crippen molar-refractivity contribution >= 4 is 0 Å². The molecule has 0 aromatic heterocycles. The van der Waals surface area contributed by atoms with Gasteiger partial charge in [-0.05, 0) is 26.0 Å². The molecular formula is C8H11F. The Bertz CT molecular complexity index is 152. The van der Waals surface area contributed by atoms with Crippen LogP contribution in [0.4, 0.5) is 4.39 Å². The molecule has 0 unspecified atom stereocenters. The molecule has 0 bridgehead atoms. The minimum atomic E-state index is -0.245. The summed E-state index contributed by atoms with van der Waals surface area (Å²) < 4.78 is 12.4. The summed E-state index contributed by atoms with van der Waals surface area (Å²) in [5, 5.41) is 0. The van der Waals surface area contributed by atoms with Gasteiger partial charge in [0.2, 0.25) is 0 Å². The van der Waals surface area contributed by atoms with Crippen LogP contribution >= 0.6 is 0 Å². The van der Waals surface area contributed by atoms with Gasteiger partial charge < -0.3 is 0 Å². The molecule has 0 aromatic rings. The first kappa shape index (κ1) is 8.15. The summed E-state index contributed by atoms with van der Waals surface area (Å²) in [6.07, 6.45) is 4.43. The minimum absolute atomic E-state index is 0.245. The molecule has 9 heavy (non-hydrogen) atoms. The molecule has 0 rings (SSSR count). The predicted molar refractivity (Wildman–Crippen MR) is 38.8 cm³/mol. The fraction of sp³-hybridized carbons (Fsp3) is 0.250. The van der Waals surface area contributed by atoms with E-state index < -0.39 is 0 Å². The van der Waals surface area contributed by atoms with Crippen LogP contribution in [-0.4, -0.2) is 0 Å². The summed E-state index contributed by atoms with van der Waals surface area (Å²) in [6.45, 7) is 7.05. The van der Waals surface area contributed by atoms with Gasteiger partial charge in [-0.2, -0.15) is 0 Å². The zero-order valence-electron chi connectivity index (χ0n) is 5.82. The Morgan fingerprint density at radius 3 is 2.44 bits per heavy atom. The maximum Gasteiger partial charge on any atom is 0.123 e. The van der Waals surface area contributed by atoms with Gasteiger partial charge in [-0.15, -0.1) is 0 Å². The first-order valence-corrected chi connectivity index (χ1v) is 2.82. The van der Waals surface area contributed by atoms with E-state index in [1.807, 2.05) is 0 Å². The second-order valence-electron chi connectivity index (χ2n) is 1.88. The highest BCUT2D eigenvalue weighted by Gasteiger charge is 1.83. The average Bonchev–Trinajstić information content (AvgIpc) is 1.63. The summed E-state index contributed by atoms with van der Waals surface area (Å²) >= 11 is 0. The molecule has 0 aliphatic rings. The van der Waals surface area contributed by atoms with Crippen molar-refractivity contribution in [3.05, 3.63) is 36.2 Å². The third-order valence-electron chi connectivity index (χ3n) is 0.710. The topological polar surface area (TPSA) is 0 Å². The van der Waals surface area contributed by atoms with Crippen LogP contribution in [0, 0.1) is 0 Å². The number of allylic oxidation sites excluding steroid dienone is 5. The standard InChI is InChI=1S/C8H11F/c1-4-5-8(9)6-7(2)3/h4-6H,2H2,1,3H3/b5-4-,8-6+. The van der Waals surface area contributed by atoms with E-state index in [-0.39, 0.29) is 5.83 Å². The third kappa shape index (κ3) is 5.01. The lowest BCUT2D eigenvalue weighted by molar-refractivity contribution is 0.666. The van der Waals surface area contributed by atoms with Gasteiger partial charge in [0, 0.05) is 0 Å². The quantitative estimate of drug-likeness (QED) is 0.499. The Labute approximate surface area is 55.4 Å². The summed E-state index contributed by atoms with van der Waals surface area (Å²) in [4.78, 5) is 0. The van der Waals surface area contributed by atoms with E-state index in [1.165, 1.54) is 12.2 Å². The molecule has 0 amide bonds. The molecular weight excluding hydrogens is 115 g/mol. The predicted octanol–water partition coefficient (Wildman–Crippen LogP) is 2.99. The molecule has 1 heteroatoms. The molecule has 0 spiro atoms. The molecule has 0 aromatic carbocycles. The Morgan fingerprint density at radius 2 is 2.11 bits per heavy atom. The minimum Gasteiger partial charge on any atom is -0.207 e. The lowest BCUT2D eigenvalue weighted by Gasteiger charge is -1.85. The monoisotopic (exact) mass is 126 g/mol. The summed E-state index contributed by atoms with van der Waals surface area (Å²) in [7, 11) is 0. The van der Waals surface area contributed by atoms with E-state index in [9.17, 15) is 4.39 Å². The van der Waals surface area contributed by atoms with Gasteiger partial charge in [0.1, 0.15) is 5.83 Å². The molecule has 0 aliphatic carbocycles. The van der Waals surface area contributed by atoms with Gasteiger partial charge in [-0.3, -0.25) is 0 Å². The lowest BCUT2D eigenvalue weighted by atomic mass is 10.3. The van der Waals surface area contributed by atoms with Crippen molar-refractivity contribution in [1.82, 2.24) is 0 Å². The number of hydrogen-bond acceptors (Lipinski definition) is 0. The van der Waals surface area contributed by atoms with Crippen LogP contribution in [0.1, 0.15) is 13.8 Å². The molecule has 50 valence electrons. The first-order valence-electron chi connectivity index (χ1n) is 2.82. The zero-order chi connectivity index (χ0) is 7.28. The van der Waals surface area contributed by atoms with Crippen molar-refractivity contribution in [3.63, 3.8) is 0 Å². The summed E-state index contributed by atoms with van der Waals surface area (Å²) in [6, 6.07) is 0. The van der Waals surface area contributed by atoms with Crippen molar-refractivity contribution in [1.29, 1.82) is 0 Å². The van der Waals surface area contributed by atoms with E-state index >= 15 is 0 Å². The highest BCUT2D eigenvalue weighted by molar-refractivity contribution is 5.21. The number of halogens is 1. The van der Waals surface area contributed by atoms with E-state index in [0.29, 0.717) is 0 Å². The molecule has 0 radical (unpaired) electrons. The number of rotatable bonds is 2. The van der Waals surface area contributed by atoms with Crippen LogP contribution < -0.4 is 0 Å². The average molecular weight is 126 g/mol. The van der Waals surface area contributed by atoms with Crippen molar-refractivity contribution in [2.24, 2.45) is 0 Å². The van der Waals surface area contributed by atoms with Gasteiger partial charge >= 0.3 is 0 Å². The largest absolute Gasteiger partial charge is 0.207 e. The van der Waals surface area contributed by atoms with E-state index in [4.69, 9.17) is 0 Å². The fourth-order valence-electron chi connectivity index (χ4n) is 0.443. The van der Waals surface area contributed by atoms with Gasteiger partial charge in [-0.25, -0.2) is 4.39 Å². The van der Waals surface area contributed by atoms with E-state index in [0.717, 1.165) is 5.57 Å². The van der Waals surface area contributed by atoms with Crippen LogP contribution in [0.5, 0.6) is 0 Å². The Morgan fingerprint density at radius 1 is 1.56 bits per heavy atom. The molecule has 0 fully saturated rings. The van der Waals surface area contributed by atoms with Gasteiger partial charge in [0.05, 0.1) is 0 Å². The van der Waals surface area contributed by atoms with Crippen LogP contribution in [0.2, 0.25) is 0 Å². The molecule has 0 saturated carbocycles. The van der Waals surface area contributed by atoms with E-state index in [2.05, 4.69) is 6.58 Å². The van der Waals surface area contributed by atoms with Crippen LogP contribution in [-0.2, 0) is 0 Å². The third-order valence-corrected chi connectivity index (χ3v) is 0.710. The van der Waals surface area contributed by atoms with Gasteiger partial charge in [0.25, 0.3) is 0 Å². The van der Waals surface area contributed by atoms with Crippen molar-refractivity contribution < 1.29 is 4.39 Å². The second-order valence-corrected chi connectivity index (χ2v) is 1.88. The molecule has 0 N–H and O–H groups in total. The van der Waals surface area contributed by atoms with Crippen molar-refractivity contribution in [3.8, 4) is 0 Å². The maximum atomic E-state index is 12.4. The van der Waals surface area contributed by atoms with Crippen molar-refractivity contribution in [2.45, 2.75) is 13.8 Å². The van der Waals surface area contributed by atoms with Crippen LogP contribution in [0.3, 0.4) is 0 Å². The lowest BCUT2D eigenvalue weighted by Crippen LogP contribution is -1.66. The van der Waals surface area contributed by atoms with Crippen LogP contribution in [0.15, 0.2) is 36.2 Å². The molecule has 0 atom stereocenters. The van der Waals surface area contributed by atoms with Crippen LogP contribution in [0.25, 0.3) is 0 Å². The highest BCUT2D eigenvalue weighted by atomic mass is 19.1. The smallest absolute Gasteiger partial charge is 0.123 e. The fourth-order valence-corrected chi connectivity index (χ4v) is 0.443. The van der Waals surface area contributed by atoms with E-state index in [1.54, 1.807) is 19.9 Å². The van der Waals surface area contributed by atoms with Crippen molar-refractivity contribution in [2.75, 3.05) is 0 Å². The maximum absolute atomic E-state index is 12.4. The summed E-state index contributed by atoms with van der Waals surface area (Å²) in [5.41, 5.74) is 0.727. The normalized spacial score (nSPS) is 12.6. The molecule has 0 saturated heterocycles. The number of hydrogen-bond donors (Lipinski definition) is 0. The first-order chi connectivity index (χ1) is 4.16. The Hall–Kier alpha value is -0.850. The molecule has 0 heterocycles. The zero-order valence-corrected chi connectivity index (χ0v) is 5.82. The molecule has 0 nitrogen and oxygen atoms in total. The Kier molecular flexibility index (Phi) is 3.69.